The molecule has 0 bridgehead atoms. The minimum Gasteiger partial charge on any atom is -0.447 e. The molecule has 8 heteroatoms. The molecule has 2 aromatic rings. The van der Waals surface area contributed by atoms with Crippen LogP contribution in [0, 0.1) is 23.5 Å². The summed E-state index contributed by atoms with van der Waals surface area (Å²) in [6, 6.07) is 11.8. The number of hydrogen-bond acceptors (Lipinski definition) is 4. The Bertz CT molecular complexity index is 964. The van der Waals surface area contributed by atoms with Crippen molar-refractivity contribution in [2.75, 3.05) is 25.0 Å². The molecule has 0 aromatic heterocycles. The maximum atomic E-state index is 14.7. The van der Waals surface area contributed by atoms with Crippen LogP contribution in [0.2, 0.25) is 0 Å². The molecule has 1 aliphatic carbocycles. The monoisotopic (exact) mass is 444 g/mol. The molecule has 170 valence electrons. The third kappa shape index (κ3) is 4.91. The Kier molecular flexibility index (Phi) is 6.41. The van der Waals surface area contributed by atoms with Crippen molar-refractivity contribution in [2.45, 2.75) is 32.5 Å². The summed E-state index contributed by atoms with van der Waals surface area (Å²) in [4.78, 5) is 25.8. The van der Waals surface area contributed by atoms with E-state index in [-0.39, 0.29) is 47.6 Å². The average Bonchev–Trinajstić information content (AvgIpc) is 3.18. The third-order valence-electron chi connectivity index (χ3n) is 5.89. The molecule has 0 radical (unpaired) electrons. The van der Waals surface area contributed by atoms with Crippen LogP contribution >= 0.6 is 0 Å². The zero-order valence-electron chi connectivity index (χ0n) is 18.0. The quantitative estimate of drug-likeness (QED) is 0.691. The van der Waals surface area contributed by atoms with Crippen molar-refractivity contribution in [3.8, 4) is 0 Å². The summed E-state index contributed by atoms with van der Waals surface area (Å²) in [6.45, 7) is 4.62. The maximum absolute atomic E-state index is 14.7. The SMILES string of the molecule is CC(C)OC(=O)Nc1cc(F)c([C@H]2[C@@H]3CN(C(=O)COCc4ccccc4)C[C@@H]32)c(F)c1. The molecule has 2 aliphatic rings. The van der Waals surface area contributed by atoms with E-state index in [0.29, 0.717) is 19.7 Å². The minimum absolute atomic E-state index is 0.00702. The number of fused-ring (bicyclic) bond motifs is 1. The number of carbonyl (C=O) groups is 2. The summed E-state index contributed by atoms with van der Waals surface area (Å²) in [5.41, 5.74) is 1.02. The van der Waals surface area contributed by atoms with Crippen molar-refractivity contribution in [1.29, 1.82) is 0 Å². The van der Waals surface area contributed by atoms with E-state index in [9.17, 15) is 18.4 Å². The topological polar surface area (TPSA) is 67.9 Å². The highest BCUT2D eigenvalue weighted by atomic mass is 19.1. The lowest BCUT2D eigenvalue weighted by Crippen LogP contribution is -2.34. The number of nitrogens with zero attached hydrogens (tertiary/aromatic N) is 1. The van der Waals surface area contributed by atoms with Crippen molar-refractivity contribution < 1.29 is 27.8 Å². The highest BCUT2D eigenvalue weighted by Crippen LogP contribution is 2.59. The largest absolute Gasteiger partial charge is 0.447 e. The second-order valence-corrected chi connectivity index (χ2v) is 8.56. The number of anilines is 1. The molecule has 3 atom stereocenters. The lowest BCUT2D eigenvalue weighted by molar-refractivity contribution is -0.136. The van der Waals surface area contributed by atoms with E-state index in [2.05, 4.69) is 5.32 Å². The first kappa shape index (κ1) is 22.2. The molecule has 0 spiro atoms. The lowest BCUT2D eigenvalue weighted by atomic mass is 10.0. The van der Waals surface area contributed by atoms with Gasteiger partial charge in [-0.2, -0.15) is 0 Å². The second-order valence-electron chi connectivity index (χ2n) is 8.56. The van der Waals surface area contributed by atoms with Crippen LogP contribution in [0.25, 0.3) is 0 Å². The predicted molar refractivity (Wildman–Crippen MR) is 114 cm³/mol. The summed E-state index contributed by atoms with van der Waals surface area (Å²) in [5.74, 6) is -1.72. The van der Waals surface area contributed by atoms with Gasteiger partial charge in [-0.3, -0.25) is 10.1 Å². The number of nitrogens with one attached hydrogen (secondary N) is 1. The number of rotatable bonds is 7. The van der Waals surface area contributed by atoms with E-state index >= 15 is 0 Å². The molecule has 1 aliphatic heterocycles. The summed E-state index contributed by atoms with van der Waals surface area (Å²) in [6.07, 6.45) is -1.11. The molecule has 2 fully saturated rings. The van der Waals surface area contributed by atoms with Gasteiger partial charge in [0.1, 0.15) is 18.2 Å². The fraction of sp³-hybridized carbons (Fsp3) is 0.417. The van der Waals surface area contributed by atoms with Gasteiger partial charge in [0.25, 0.3) is 0 Å². The molecule has 1 saturated carbocycles. The third-order valence-corrected chi connectivity index (χ3v) is 5.89. The zero-order chi connectivity index (χ0) is 22.8. The van der Waals surface area contributed by atoms with Crippen LogP contribution in [-0.2, 0) is 20.9 Å². The normalized spacial score (nSPS) is 21.4. The van der Waals surface area contributed by atoms with E-state index in [1.807, 2.05) is 30.3 Å². The Morgan fingerprint density at radius 1 is 1.09 bits per heavy atom. The molecule has 1 N–H and O–H groups in total. The van der Waals surface area contributed by atoms with Gasteiger partial charge in [0.05, 0.1) is 12.7 Å². The van der Waals surface area contributed by atoms with Crippen molar-refractivity contribution in [3.05, 3.63) is 65.2 Å². The molecule has 4 rings (SSSR count). The van der Waals surface area contributed by atoms with Crippen LogP contribution in [0.5, 0.6) is 0 Å². The van der Waals surface area contributed by atoms with E-state index in [1.54, 1.807) is 18.7 Å². The molecule has 2 aromatic carbocycles. The number of ether oxygens (including phenoxy) is 2. The van der Waals surface area contributed by atoms with Crippen LogP contribution in [-0.4, -0.2) is 42.7 Å². The van der Waals surface area contributed by atoms with Gasteiger partial charge in [-0.05, 0) is 49.3 Å². The average molecular weight is 444 g/mol. The number of carbonyl (C=O) groups excluding carboxylic acids is 2. The van der Waals surface area contributed by atoms with Crippen molar-refractivity contribution >= 4 is 17.7 Å². The number of piperidine rings is 1. The molecule has 0 unspecified atom stereocenters. The fourth-order valence-electron chi connectivity index (χ4n) is 4.42. The van der Waals surface area contributed by atoms with E-state index < -0.39 is 17.7 Å². The van der Waals surface area contributed by atoms with Crippen molar-refractivity contribution in [3.63, 3.8) is 0 Å². The van der Waals surface area contributed by atoms with Gasteiger partial charge in [-0.1, -0.05) is 30.3 Å². The summed E-state index contributed by atoms with van der Waals surface area (Å²) < 4.78 is 39.8. The van der Waals surface area contributed by atoms with Gasteiger partial charge in [0, 0.05) is 24.3 Å². The number of benzene rings is 2. The molecule has 1 heterocycles. The molecule has 32 heavy (non-hydrogen) atoms. The molecule has 6 nitrogen and oxygen atoms in total. The van der Waals surface area contributed by atoms with Gasteiger partial charge in [0.2, 0.25) is 5.91 Å². The summed E-state index contributed by atoms with van der Waals surface area (Å²) in [5, 5.41) is 2.34. The highest BCUT2D eigenvalue weighted by Gasteiger charge is 2.58. The number of amides is 2. The standard InChI is InChI=1S/C24H26F2N2O4/c1-14(2)32-24(30)27-16-8-19(25)23(20(26)9-16)22-17-10-28(11-18(17)22)21(29)13-31-12-15-6-4-3-5-7-15/h3-9,14,17-18,22H,10-13H2,1-2H3,(H,27,30)/t17-,18+,22+. The van der Waals surface area contributed by atoms with Crippen molar-refractivity contribution in [1.82, 2.24) is 4.90 Å². The smallest absolute Gasteiger partial charge is 0.411 e. The first-order valence-corrected chi connectivity index (χ1v) is 10.7. The summed E-state index contributed by atoms with van der Waals surface area (Å²) >= 11 is 0. The van der Waals surface area contributed by atoms with Gasteiger partial charge in [0.15, 0.2) is 0 Å². The van der Waals surface area contributed by atoms with Crippen LogP contribution in [0.15, 0.2) is 42.5 Å². The number of hydrogen-bond donors (Lipinski definition) is 1. The van der Waals surface area contributed by atoms with Crippen molar-refractivity contribution in [2.24, 2.45) is 11.8 Å². The van der Waals surface area contributed by atoms with Crippen LogP contribution in [0.1, 0.15) is 30.9 Å². The first-order chi connectivity index (χ1) is 15.3. The maximum Gasteiger partial charge on any atom is 0.411 e. The zero-order valence-corrected chi connectivity index (χ0v) is 18.0. The number of halogens is 2. The Morgan fingerprint density at radius 2 is 1.72 bits per heavy atom. The lowest BCUT2D eigenvalue weighted by Gasteiger charge is -2.20. The van der Waals surface area contributed by atoms with Gasteiger partial charge in [-0.15, -0.1) is 0 Å². The molecule has 1 saturated heterocycles. The minimum atomic E-state index is -0.765. The van der Waals surface area contributed by atoms with Crippen LogP contribution in [0.3, 0.4) is 0 Å². The Hall–Kier alpha value is -3.00. The highest BCUT2D eigenvalue weighted by molar-refractivity contribution is 5.84. The van der Waals surface area contributed by atoms with E-state index in [0.717, 1.165) is 17.7 Å². The second kappa shape index (κ2) is 9.24. The van der Waals surface area contributed by atoms with Crippen LogP contribution < -0.4 is 5.32 Å². The Balaban J connectivity index is 1.29. The first-order valence-electron chi connectivity index (χ1n) is 10.7. The Labute approximate surface area is 185 Å². The number of likely N-dealkylation sites (tertiary alicyclic amines) is 1. The molecular weight excluding hydrogens is 418 g/mol. The van der Waals surface area contributed by atoms with E-state index in [1.165, 1.54) is 0 Å². The fourth-order valence-corrected chi connectivity index (χ4v) is 4.42. The van der Waals surface area contributed by atoms with E-state index in [4.69, 9.17) is 9.47 Å². The van der Waals surface area contributed by atoms with Gasteiger partial charge < -0.3 is 14.4 Å². The van der Waals surface area contributed by atoms with Gasteiger partial charge >= 0.3 is 6.09 Å². The molecular formula is C24H26F2N2O4. The van der Waals surface area contributed by atoms with Crippen LogP contribution in [0.4, 0.5) is 19.3 Å². The molecule has 2 amide bonds. The predicted octanol–water partition coefficient (Wildman–Crippen LogP) is 4.31. The van der Waals surface area contributed by atoms with Gasteiger partial charge in [-0.25, -0.2) is 13.6 Å². The Morgan fingerprint density at radius 3 is 2.31 bits per heavy atom. The summed E-state index contributed by atoms with van der Waals surface area (Å²) in [7, 11) is 0.